The summed E-state index contributed by atoms with van der Waals surface area (Å²) in [6.45, 7) is 3.62. The number of hydrogen-bond acceptors (Lipinski definition) is 6. The average molecular weight is 330 g/mol. The molecule has 0 saturated carbocycles. The molecule has 4 rings (SSSR count). The van der Waals surface area contributed by atoms with Crippen LogP contribution in [0.15, 0.2) is 27.4 Å². The number of imide groups is 1. The van der Waals surface area contributed by atoms with Gasteiger partial charge in [-0.05, 0) is 18.6 Å². The molecule has 1 aromatic carbocycles. The molecule has 24 heavy (non-hydrogen) atoms. The molecule has 0 spiro atoms. The number of rotatable bonds is 2. The molecule has 0 aliphatic carbocycles. The fourth-order valence-corrected chi connectivity index (χ4v) is 3.37. The number of oxazole rings is 1. The van der Waals surface area contributed by atoms with Crippen LogP contribution in [0.3, 0.4) is 0 Å². The molecule has 8 nitrogen and oxygen atoms in total. The SMILES string of the molecule is O=C1CCC(n2c(=O)oc3cc(N4CCNCC4)ccc32)C(=O)N1. The van der Waals surface area contributed by atoms with Crippen molar-refractivity contribution in [3.05, 3.63) is 28.7 Å². The number of fused-ring (bicyclic) bond motifs is 1. The van der Waals surface area contributed by atoms with Crippen molar-refractivity contribution in [2.45, 2.75) is 18.9 Å². The zero-order valence-electron chi connectivity index (χ0n) is 13.1. The van der Waals surface area contributed by atoms with Crippen molar-refractivity contribution in [3.8, 4) is 0 Å². The lowest BCUT2D eigenvalue weighted by atomic mass is 10.1. The molecule has 0 radical (unpaired) electrons. The van der Waals surface area contributed by atoms with E-state index in [2.05, 4.69) is 15.5 Å². The van der Waals surface area contributed by atoms with Crippen LogP contribution in [0.4, 0.5) is 5.69 Å². The molecule has 2 aromatic rings. The summed E-state index contributed by atoms with van der Waals surface area (Å²) in [6, 6.07) is 4.87. The highest BCUT2D eigenvalue weighted by atomic mass is 16.4. The molecule has 2 saturated heterocycles. The van der Waals surface area contributed by atoms with Crippen LogP contribution in [0.5, 0.6) is 0 Å². The number of aromatic nitrogens is 1. The largest absolute Gasteiger partial charge is 0.420 e. The van der Waals surface area contributed by atoms with Crippen molar-refractivity contribution in [1.29, 1.82) is 0 Å². The predicted molar refractivity (Wildman–Crippen MR) is 87.0 cm³/mol. The number of nitrogens with one attached hydrogen (secondary N) is 2. The molecule has 0 bridgehead atoms. The van der Waals surface area contributed by atoms with Gasteiger partial charge in [0.25, 0.3) is 0 Å². The van der Waals surface area contributed by atoms with Gasteiger partial charge < -0.3 is 14.6 Å². The first kappa shape index (κ1) is 14.9. The fourth-order valence-electron chi connectivity index (χ4n) is 3.37. The molecule has 1 atom stereocenters. The highest BCUT2D eigenvalue weighted by Gasteiger charge is 2.31. The minimum absolute atomic E-state index is 0.217. The number of anilines is 1. The van der Waals surface area contributed by atoms with E-state index in [1.165, 1.54) is 4.57 Å². The van der Waals surface area contributed by atoms with E-state index >= 15 is 0 Å². The first-order chi connectivity index (χ1) is 11.6. The third-order valence-electron chi connectivity index (χ3n) is 4.60. The molecule has 2 amide bonds. The number of carbonyl (C=O) groups excluding carboxylic acids is 2. The monoisotopic (exact) mass is 330 g/mol. The van der Waals surface area contributed by atoms with Crippen molar-refractivity contribution in [1.82, 2.24) is 15.2 Å². The maximum atomic E-state index is 12.3. The molecule has 1 unspecified atom stereocenters. The van der Waals surface area contributed by atoms with E-state index in [4.69, 9.17) is 4.42 Å². The second kappa shape index (κ2) is 5.79. The topological polar surface area (TPSA) is 96.6 Å². The van der Waals surface area contributed by atoms with Crippen molar-refractivity contribution < 1.29 is 14.0 Å². The molecule has 2 aliphatic rings. The van der Waals surface area contributed by atoms with E-state index in [1.807, 2.05) is 12.1 Å². The third kappa shape index (κ3) is 2.48. The second-order valence-corrected chi connectivity index (χ2v) is 6.09. The van der Waals surface area contributed by atoms with Crippen LogP contribution >= 0.6 is 0 Å². The summed E-state index contributed by atoms with van der Waals surface area (Å²) in [6.07, 6.45) is 0.521. The van der Waals surface area contributed by atoms with Crippen molar-refractivity contribution in [2.24, 2.45) is 0 Å². The van der Waals surface area contributed by atoms with Gasteiger partial charge in [-0.3, -0.25) is 19.5 Å². The van der Waals surface area contributed by atoms with Crippen LogP contribution in [-0.2, 0) is 9.59 Å². The van der Waals surface area contributed by atoms with E-state index in [9.17, 15) is 14.4 Å². The Balaban J connectivity index is 1.72. The molecule has 8 heteroatoms. The Labute approximate surface area is 137 Å². The van der Waals surface area contributed by atoms with Gasteiger partial charge in [0.1, 0.15) is 6.04 Å². The zero-order valence-corrected chi connectivity index (χ0v) is 13.1. The van der Waals surface area contributed by atoms with Crippen LogP contribution in [0.2, 0.25) is 0 Å². The van der Waals surface area contributed by atoms with Crippen LogP contribution < -0.4 is 21.3 Å². The standard InChI is InChI=1S/C16H18N4O4/c21-14-4-3-12(15(22)18-14)20-11-2-1-10(9-13(11)24-16(20)23)19-7-5-17-6-8-19/h1-2,9,12,17H,3-8H2,(H,18,21,22). The number of piperidine rings is 1. The lowest BCUT2D eigenvalue weighted by molar-refractivity contribution is -0.135. The summed E-state index contributed by atoms with van der Waals surface area (Å²) in [5, 5.41) is 5.57. The highest BCUT2D eigenvalue weighted by molar-refractivity contribution is 6.00. The van der Waals surface area contributed by atoms with Gasteiger partial charge in [0.15, 0.2) is 5.58 Å². The quantitative estimate of drug-likeness (QED) is 0.752. The average Bonchev–Trinajstić information content (AvgIpc) is 2.91. The van der Waals surface area contributed by atoms with Gasteiger partial charge in [-0.15, -0.1) is 0 Å². The molecular weight excluding hydrogens is 312 g/mol. The number of nitrogens with zero attached hydrogens (tertiary/aromatic N) is 2. The van der Waals surface area contributed by atoms with Gasteiger partial charge in [-0.2, -0.15) is 0 Å². The summed E-state index contributed by atoms with van der Waals surface area (Å²) >= 11 is 0. The summed E-state index contributed by atoms with van der Waals surface area (Å²) < 4.78 is 6.70. The fraction of sp³-hybridized carbons (Fsp3) is 0.438. The van der Waals surface area contributed by atoms with Crippen LogP contribution in [0.1, 0.15) is 18.9 Å². The minimum atomic E-state index is -0.707. The van der Waals surface area contributed by atoms with E-state index in [-0.39, 0.29) is 12.3 Å². The normalized spacial score (nSPS) is 22.0. The van der Waals surface area contributed by atoms with Gasteiger partial charge >= 0.3 is 5.76 Å². The molecule has 2 fully saturated rings. The Morgan fingerprint density at radius 3 is 2.67 bits per heavy atom. The lowest BCUT2D eigenvalue weighted by Gasteiger charge is -2.29. The molecule has 2 aliphatic heterocycles. The maximum absolute atomic E-state index is 12.3. The predicted octanol–water partition coefficient (Wildman–Crippen LogP) is -0.0182. The van der Waals surface area contributed by atoms with Gasteiger partial charge in [0.2, 0.25) is 11.8 Å². The Hall–Kier alpha value is -2.61. The summed E-state index contributed by atoms with van der Waals surface area (Å²) in [4.78, 5) is 37.9. The van der Waals surface area contributed by atoms with Crippen LogP contribution in [0.25, 0.3) is 11.1 Å². The summed E-state index contributed by atoms with van der Waals surface area (Å²) in [7, 11) is 0. The van der Waals surface area contributed by atoms with E-state index in [0.717, 1.165) is 31.9 Å². The van der Waals surface area contributed by atoms with Crippen LogP contribution in [0, 0.1) is 0 Å². The van der Waals surface area contributed by atoms with Crippen molar-refractivity contribution in [2.75, 3.05) is 31.1 Å². The van der Waals surface area contributed by atoms with E-state index < -0.39 is 17.7 Å². The molecule has 3 heterocycles. The molecular formula is C16H18N4O4. The Kier molecular flexibility index (Phi) is 3.61. The molecule has 126 valence electrons. The van der Waals surface area contributed by atoms with E-state index in [1.54, 1.807) is 6.07 Å². The third-order valence-corrected chi connectivity index (χ3v) is 4.60. The van der Waals surface area contributed by atoms with Crippen LogP contribution in [-0.4, -0.2) is 42.6 Å². The number of piperazine rings is 1. The number of hydrogen-bond donors (Lipinski definition) is 2. The van der Waals surface area contributed by atoms with Crippen molar-refractivity contribution in [3.63, 3.8) is 0 Å². The van der Waals surface area contributed by atoms with Gasteiger partial charge in [0, 0.05) is 44.4 Å². The highest BCUT2D eigenvalue weighted by Crippen LogP contribution is 2.26. The Morgan fingerprint density at radius 2 is 1.92 bits per heavy atom. The van der Waals surface area contributed by atoms with Gasteiger partial charge in [-0.1, -0.05) is 0 Å². The smallest absolute Gasteiger partial charge is 0.408 e. The molecule has 2 N–H and O–H groups in total. The minimum Gasteiger partial charge on any atom is -0.408 e. The summed E-state index contributed by atoms with van der Waals surface area (Å²) in [5.74, 6) is -1.34. The molecule has 1 aromatic heterocycles. The Morgan fingerprint density at radius 1 is 1.12 bits per heavy atom. The van der Waals surface area contributed by atoms with Gasteiger partial charge in [0.05, 0.1) is 5.52 Å². The van der Waals surface area contributed by atoms with Gasteiger partial charge in [-0.25, -0.2) is 4.79 Å². The first-order valence-corrected chi connectivity index (χ1v) is 8.08. The first-order valence-electron chi connectivity index (χ1n) is 8.08. The van der Waals surface area contributed by atoms with E-state index in [0.29, 0.717) is 17.5 Å². The Bertz CT molecular complexity index is 863. The number of amides is 2. The number of carbonyl (C=O) groups is 2. The maximum Gasteiger partial charge on any atom is 0.420 e. The second-order valence-electron chi connectivity index (χ2n) is 6.09. The van der Waals surface area contributed by atoms with Crippen molar-refractivity contribution >= 4 is 28.6 Å². The number of benzene rings is 1. The summed E-state index contributed by atoms with van der Waals surface area (Å²) in [5.41, 5.74) is 2.03. The zero-order chi connectivity index (χ0) is 16.7. The lowest BCUT2D eigenvalue weighted by Crippen LogP contribution is -2.43.